The Bertz CT molecular complexity index is 1360. The molecular formula is C29H31BrN6O. The number of amides is 1. The predicted octanol–water partition coefficient (Wildman–Crippen LogP) is 5.33. The van der Waals surface area contributed by atoms with Crippen molar-refractivity contribution in [2.45, 2.75) is 38.3 Å². The first kappa shape index (κ1) is 24.2. The van der Waals surface area contributed by atoms with Gasteiger partial charge in [0.1, 0.15) is 5.69 Å². The zero-order valence-electron chi connectivity index (χ0n) is 20.8. The van der Waals surface area contributed by atoms with Gasteiger partial charge in [-0.1, -0.05) is 22.0 Å². The van der Waals surface area contributed by atoms with Gasteiger partial charge in [-0.15, -0.1) is 0 Å². The lowest BCUT2D eigenvalue weighted by Crippen LogP contribution is -2.45. The van der Waals surface area contributed by atoms with Crippen molar-refractivity contribution in [3.63, 3.8) is 0 Å². The van der Waals surface area contributed by atoms with Crippen LogP contribution in [0.3, 0.4) is 0 Å². The van der Waals surface area contributed by atoms with Crippen LogP contribution in [0.2, 0.25) is 0 Å². The molecule has 0 saturated carbocycles. The molecule has 0 atom stereocenters. The fourth-order valence-electron chi connectivity index (χ4n) is 5.80. The highest BCUT2D eigenvalue weighted by molar-refractivity contribution is 9.10. The van der Waals surface area contributed by atoms with E-state index in [1.807, 2.05) is 36.8 Å². The Morgan fingerprint density at radius 2 is 1.70 bits per heavy atom. The van der Waals surface area contributed by atoms with E-state index in [9.17, 15) is 4.79 Å². The fourth-order valence-corrected chi connectivity index (χ4v) is 6.15. The smallest absolute Gasteiger partial charge is 0.225 e. The van der Waals surface area contributed by atoms with Crippen molar-refractivity contribution in [1.29, 1.82) is 0 Å². The van der Waals surface area contributed by atoms with Crippen LogP contribution in [0.1, 0.15) is 37.3 Å². The van der Waals surface area contributed by atoms with Gasteiger partial charge in [0.15, 0.2) is 5.82 Å². The summed E-state index contributed by atoms with van der Waals surface area (Å²) in [6.07, 6.45) is 9.24. The van der Waals surface area contributed by atoms with Crippen LogP contribution in [0.4, 0.5) is 0 Å². The molecule has 2 aliphatic rings. The third kappa shape index (κ3) is 5.18. The highest BCUT2D eigenvalue weighted by atomic mass is 79.9. The van der Waals surface area contributed by atoms with E-state index < -0.39 is 0 Å². The van der Waals surface area contributed by atoms with Crippen molar-refractivity contribution in [1.82, 2.24) is 29.3 Å². The molecule has 2 fully saturated rings. The lowest BCUT2D eigenvalue weighted by atomic mass is 9.93. The average Bonchev–Trinajstić information content (AvgIpc) is 3.33. The van der Waals surface area contributed by atoms with Gasteiger partial charge in [-0.25, -0.2) is 4.98 Å². The number of piperidine rings is 2. The van der Waals surface area contributed by atoms with Gasteiger partial charge in [-0.3, -0.25) is 19.7 Å². The Morgan fingerprint density at radius 3 is 2.43 bits per heavy atom. The van der Waals surface area contributed by atoms with E-state index in [1.54, 1.807) is 0 Å². The lowest BCUT2D eigenvalue weighted by Gasteiger charge is -2.38. The fraction of sp³-hybridized carbons (Fsp3) is 0.379. The van der Waals surface area contributed by atoms with Gasteiger partial charge in [0.05, 0.1) is 11.0 Å². The second-order valence-electron chi connectivity index (χ2n) is 10.1. The van der Waals surface area contributed by atoms with Crippen LogP contribution in [0.15, 0.2) is 71.6 Å². The van der Waals surface area contributed by atoms with E-state index in [0.717, 1.165) is 85.4 Å². The molecule has 0 aliphatic carbocycles. The summed E-state index contributed by atoms with van der Waals surface area (Å²) in [5.74, 6) is 1.38. The van der Waals surface area contributed by atoms with Crippen LogP contribution in [0.5, 0.6) is 0 Å². The Kier molecular flexibility index (Phi) is 7.02. The minimum absolute atomic E-state index is 0.140. The number of carbonyl (C=O) groups excluding carboxylic acids is 1. The van der Waals surface area contributed by atoms with Gasteiger partial charge in [-0.2, -0.15) is 0 Å². The first-order chi connectivity index (χ1) is 18.2. The van der Waals surface area contributed by atoms with E-state index in [2.05, 4.69) is 70.6 Å². The van der Waals surface area contributed by atoms with Gasteiger partial charge < -0.3 is 9.47 Å². The van der Waals surface area contributed by atoms with Gasteiger partial charge in [0.25, 0.3) is 0 Å². The second kappa shape index (κ2) is 10.7. The summed E-state index contributed by atoms with van der Waals surface area (Å²) in [4.78, 5) is 31.6. The number of nitrogens with zero attached hydrogens (tertiary/aromatic N) is 6. The van der Waals surface area contributed by atoms with Crippen LogP contribution in [0.25, 0.3) is 22.6 Å². The lowest BCUT2D eigenvalue weighted by molar-refractivity contribution is -0.138. The summed E-state index contributed by atoms with van der Waals surface area (Å²) < 4.78 is 3.37. The highest BCUT2D eigenvalue weighted by Gasteiger charge is 2.32. The van der Waals surface area contributed by atoms with Gasteiger partial charge in [0.2, 0.25) is 5.91 Å². The molecular weight excluding hydrogens is 528 g/mol. The zero-order valence-corrected chi connectivity index (χ0v) is 22.4. The summed E-state index contributed by atoms with van der Waals surface area (Å²) in [7, 11) is 0. The van der Waals surface area contributed by atoms with E-state index in [4.69, 9.17) is 4.98 Å². The van der Waals surface area contributed by atoms with Crippen LogP contribution < -0.4 is 0 Å². The molecule has 7 nitrogen and oxygen atoms in total. The number of carbonyl (C=O) groups is 1. The van der Waals surface area contributed by atoms with Crippen molar-refractivity contribution in [2.75, 3.05) is 26.2 Å². The average molecular weight is 560 g/mol. The molecule has 0 radical (unpaired) electrons. The third-order valence-electron chi connectivity index (χ3n) is 7.78. The Labute approximate surface area is 225 Å². The van der Waals surface area contributed by atoms with E-state index in [1.165, 1.54) is 5.56 Å². The number of halogens is 1. The summed E-state index contributed by atoms with van der Waals surface area (Å²) in [6, 6.07) is 16.7. The molecule has 0 unspecified atom stereocenters. The quantitative estimate of drug-likeness (QED) is 0.331. The van der Waals surface area contributed by atoms with Crippen LogP contribution >= 0.6 is 15.9 Å². The molecule has 37 heavy (non-hydrogen) atoms. The van der Waals surface area contributed by atoms with Gasteiger partial charge in [-0.05, 0) is 86.8 Å². The van der Waals surface area contributed by atoms with Crippen molar-refractivity contribution < 1.29 is 4.79 Å². The van der Waals surface area contributed by atoms with Gasteiger partial charge >= 0.3 is 0 Å². The Morgan fingerprint density at radius 1 is 0.919 bits per heavy atom. The number of benzene rings is 1. The molecule has 1 amide bonds. The molecule has 3 aromatic heterocycles. The van der Waals surface area contributed by atoms with Crippen molar-refractivity contribution in [3.05, 3.63) is 77.2 Å². The molecule has 8 heteroatoms. The normalized spacial score (nSPS) is 17.9. The number of likely N-dealkylation sites (tertiary alicyclic amines) is 2. The summed E-state index contributed by atoms with van der Waals surface area (Å²) in [6.45, 7) is 4.46. The van der Waals surface area contributed by atoms with Crippen LogP contribution in [-0.2, 0) is 11.3 Å². The maximum Gasteiger partial charge on any atom is 0.225 e. The number of imidazole rings is 1. The molecule has 190 valence electrons. The zero-order chi connectivity index (χ0) is 25.2. The van der Waals surface area contributed by atoms with E-state index in [-0.39, 0.29) is 12.0 Å². The van der Waals surface area contributed by atoms with Crippen molar-refractivity contribution in [2.24, 2.45) is 5.92 Å². The predicted molar refractivity (Wildman–Crippen MR) is 148 cm³/mol. The number of hydrogen-bond donors (Lipinski definition) is 0. The monoisotopic (exact) mass is 558 g/mol. The van der Waals surface area contributed by atoms with Crippen LogP contribution in [-0.4, -0.2) is 61.4 Å². The summed E-state index contributed by atoms with van der Waals surface area (Å²) in [5.41, 5.74) is 4.25. The molecule has 2 aliphatic heterocycles. The molecule has 4 aromatic rings. The molecule has 0 spiro atoms. The highest BCUT2D eigenvalue weighted by Crippen LogP contribution is 2.34. The SMILES string of the molecule is O=C(C1CCN(Cc2ccncc2)CC1)N1CCC(n2c(-c3ccccn3)nc3cc(Br)ccc32)CC1. The van der Waals surface area contributed by atoms with E-state index in [0.29, 0.717) is 5.91 Å². The maximum absolute atomic E-state index is 13.4. The number of pyridine rings is 2. The van der Waals surface area contributed by atoms with Crippen molar-refractivity contribution in [3.8, 4) is 11.5 Å². The Hall–Kier alpha value is -3.10. The second-order valence-corrected chi connectivity index (χ2v) is 11.0. The minimum Gasteiger partial charge on any atom is -0.342 e. The number of aromatic nitrogens is 4. The number of hydrogen-bond acceptors (Lipinski definition) is 5. The van der Waals surface area contributed by atoms with Crippen molar-refractivity contribution >= 4 is 32.9 Å². The maximum atomic E-state index is 13.4. The Balaban J connectivity index is 1.12. The molecule has 0 N–H and O–H groups in total. The standard InChI is InChI=1S/C29H31BrN6O/c30-23-4-5-27-26(19-23)33-28(25-3-1-2-12-32-25)36(27)24-10-17-35(18-11-24)29(37)22-8-15-34(16-9-22)20-21-6-13-31-14-7-21/h1-7,12-14,19,22,24H,8-11,15-18,20H2. The first-order valence-electron chi connectivity index (χ1n) is 13.1. The molecule has 2 saturated heterocycles. The molecule has 1 aromatic carbocycles. The molecule has 6 rings (SSSR count). The summed E-state index contributed by atoms with van der Waals surface area (Å²) in [5, 5.41) is 0. The first-order valence-corrected chi connectivity index (χ1v) is 13.9. The number of rotatable bonds is 5. The number of fused-ring (bicyclic) bond motifs is 1. The van der Waals surface area contributed by atoms with Gasteiger partial charge in [0, 0.05) is 54.7 Å². The molecule has 0 bridgehead atoms. The summed E-state index contributed by atoms with van der Waals surface area (Å²) >= 11 is 3.59. The largest absolute Gasteiger partial charge is 0.342 e. The third-order valence-corrected chi connectivity index (χ3v) is 8.27. The van der Waals surface area contributed by atoms with Crippen LogP contribution in [0, 0.1) is 5.92 Å². The van der Waals surface area contributed by atoms with E-state index >= 15 is 0 Å². The molecule has 5 heterocycles. The minimum atomic E-state index is 0.140. The topological polar surface area (TPSA) is 67.2 Å².